The fourth-order valence-corrected chi connectivity index (χ4v) is 2.73. The van der Waals surface area contributed by atoms with E-state index in [0.29, 0.717) is 24.9 Å². The summed E-state index contributed by atoms with van der Waals surface area (Å²) in [6.07, 6.45) is 2.51. The van der Waals surface area contributed by atoms with Crippen molar-refractivity contribution in [2.45, 2.75) is 33.8 Å². The molecule has 0 aromatic carbocycles. The topological polar surface area (TPSA) is 85.5 Å². The van der Waals surface area contributed by atoms with E-state index < -0.39 is 16.1 Å². The molecule has 0 bridgehead atoms. The van der Waals surface area contributed by atoms with E-state index in [2.05, 4.69) is 31.0 Å². The number of nitrogens with zero attached hydrogens (tertiary/aromatic N) is 3. The molecule has 1 aromatic rings. The van der Waals surface area contributed by atoms with E-state index in [4.69, 9.17) is 9.15 Å². The van der Waals surface area contributed by atoms with Crippen LogP contribution in [0.5, 0.6) is 0 Å². The number of hydrogen-bond acceptors (Lipinski definition) is 6. The van der Waals surface area contributed by atoms with Gasteiger partial charge in [0, 0.05) is 19.2 Å². The SMILES string of the molecule is C/C(=C\c1nnc([C@@H]2CN(S(C)(=O)=O)CCO2)o1)C(C)(C)C. The third-order valence-corrected chi connectivity index (χ3v) is 5.02. The summed E-state index contributed by atoms with van der Waals surface area (Å²) in [6.45, 7) is 9.17. The van der Waals surface area contributed by atoms with Crippen LogP contribution in [0.4, 0.5) is 0 Å². The molecule has 1 fully saturated rings. The number of aromatic nitrogens is 2. The molecule has 1 aliphatic rings. The van der Waals surface area contributed by atoms with Gasteiger partial charge in [-0.25, -0.2) is 8.42 Å². The van der Waals surface area contributed by atoms with Crippen LogP contribution in [-0.2, 0) is 14.8 Å². The third kappa shape index (κ3) is 4.15. The van der Waals surface area contributed by atoms with E-state index in [-0.39, 0.29) is 12.0 Å². The first kappa shape index (κ1) is 17.1. The van der Waals surface area contributed by atoms with Gasteiger partial charge >= 0.3 is 0 Å². The van der Waals surface area contributed by atoms with Gasteiger partial charge in [-0.2, -0.15) is 4.31 Å². The van der Waals surface area contributed by atoms with Gasteiger partial charge in [0.05, 0.1) is 12.9 Å². The van der Waals surface area contributed by atoms with Gasteiger partial charge in [0.15, 0.2) is 0 Å². The summed E-state index contributed by atoms with van der Waals surface area (Å²) >= 11 is 0. The zero-order chi connectivity index (χ0) is 16.5. The molecule has 1 aliphatic heterocycles. The largest absolute Gasteiger partial charge is 0.418 e. The Morgan fingerprint density at radius 2 is 2.05 bits per heavy atom. The van der Waals surface area contributed by atoms with Gasteiger partial charge in [-0.1, -0.05) is 26.3 Å². The van der Waals surface area contributed by atoms with E-state index >= 15 is 0 Å². The molecule has 0 N–H and O–H groups in total. The lowest BCUT2D eigenvalue weighted by Crippen LogP contribution is -2.41. The molecule has 1 aromatic heterocycles. The first-order valence-corrected chi connectivity index (χ1v) is 9.01. The van der Waals surface area contributed by atoms with Gasteiger partial charge in [-0.3, -0.25) is 0 Å². The van der Waals surface area contributed by atoms with Gasteiger partial charge in [0.1, 0.15) is 6.10 Å². The maximum atomic E-state index is 11.6. The average Bonchev–Trinajstić information content (AvgIpc) is 2.85. The van der Waals surface area contributed by atoms with Gasteiger partial charge in [0.25, 0.3) is 0 Å². The predicted octanol–water partition coefficient (Wildman–Crippen LogP) is 1.85. The Morgan fingerprint density at radius 3 is 2.64 bits per heavy atom. The van der Waals surface area contributed by atoms with E-state index in [1.807, 2.05) is 13.0 Å². The van der Waals surface area contributed by atoms with Crippen LogP contribution in [-0.4, -0.2) is 48.9 Å². The summed E-state index contributed by atoms with van der Waals surface area (Å²) in [5.41, 5.74) is 1.13. The van der Waals surface area contributed by atoms with Crippen LogP contribution in [0.2, 0.25) is 0 Å². The second-order valence-corrected chi connectivity index (χ2v) is 8.52. The first-order chi connectivity index (χ1) is 10.1. The van der Waals surface area contributed by atoms with Gasteiger partial charge in [0.2, 0.25) is 21.8 Å². The van der Waals surface area contributed by atoms with Crippen molar-refractivity contribution in [1.29, 1.82) is 0 Å². The van der Waals surface area contributed by atoms with Gasteiger partial charge < -0.3 is 9.15 Å². The smallest absolute Gasteiger partial charge is 0.246 e. The second kappa shape index (κ2) is 6.10. The van der Waals surface area contributed by atoms with Crippen molar-refractivity contribution in [3.05, 3.63) is 17.4 Å². The highest BCUT2D eigenvalue weighted by Crippen LogP contribution is 2.27. The molecule has 2 heterocycles. The molecule has 0 amide bonds. The Morgan fingerprint density at radius 1 is 1.36 bits per heavy atom. The maximum absolute atomic E-state index is 11.6. The number of hydrogen-bond donors (Lipinski definition) is 0. The summed E-state index contributed by atoms with van der Waals surface area (Å²) in [6, 6.07) is 0. The maximum Gasteiger partial charge on any atom is 0.246 e. The van der Waals surface area contributed by atoms with Crippen LogP contribution in [0.3, 0.4) is 0 Å². The van der Waals surface area contributed by atoms with Crippen molar-refractivity contribution in [3.8, 4) is 0 Å². The number of allylic oxidation sites excluding steroid dienone is 1. The zero-order valence-corrected chi connectivity index (χ0v) is 14.5. The lowest BCUT2D eigenvalue weighted by atomic mass is 9.87. The second-order valence-electron chi connectivity index (χ2n) is 6.54. The zero-order valence-electron chi connectivity index (χ0n) is 13.7. The fraction of sp³-hybridized carbons (Fsp3) is 0.714. The molecule has 0 radical (unpaired) electrons. The van der Waals surface area contributed by atoms with Crippen LogP contribution >= 0.6 is 0 Å². The van der Waals surface area contributed by atoms with E-state index in [9.17, 15) is 8.42 Å². The molecule has 1 atom stereocenters. The van der Waals surface area contributed by atoms with Crippen molar-refractivity contribution in [1.82, 2.24) is 14.5 Å². The van der Waals surface area contributed by atoms with Crippen molar-refractivity contribution in [2.24, 2.45) is 5.41 Å². The predicted molar refractivity (Wildman–Crippen MR) is 82.5 cm³/mol. The quantitative estimate of drug-likeness (QED) is 0.841. The summed E-state index contributed by atoms with van der Waals surface area (Å²) < 4.78 is 35.8. The first-order valence-electron chi connectivity index (χ1n) is 7.16. The number of ether oxygens (including phenoxy) is 1. The van der Waals surface area contributed by atoms with Gasteiger partial charge in [-0.05, 0) is 12.3 Å². The standard InChI is InChI=1S/C14H23N3O4S/c1-10(14(2,3)4)8-12-15-16-13(21-12)11-9-17(6-7-20-11)22(5,18)19/h8,11H,6-7,9H2,1-5H3/b10-8+/t11-/m0/s1. The number of morpholine rings is 1. The molecule has 22 heavy (non-hydrogen) atoms. The van der Waals surface area contributed by atoms with Crippen LogP contribution in [0.15, 0.2) is 9.99 Å². The minimum Gasteiger partial charge on any atom is -0.418 e. The Balaban J connectivity index is 2.15. The molecule has 0 unspecified atom stereocenters. The Kier molecular flexibility index (Phi) is 4.74. The van der Waals surface area contributed by atoms with Crippen molar-refractivity contribution in [2.75, 3.05) is 26.0 Å². The third-order valence-electron chi connectivity index (χ3n) is 3.75. The van der Waals surface area contributed by atoms with Crippen molar-refractivity contribution < 1.29 is 17.6 Å². The molecule has 124 valence electrons. The summed E-state index contributed by atoms with van der Waals surface area (Å²) in [4.78, 5) is 0. The molecular formula is C14H23N3O4S. The number of rotatable bonds is 3. The minimum absolute atomic E-state index is 0.0169. The lowest BCUT2D eigenvalue weighted by molar-refractivity contribution is -0.0172. The molecule has 1 saturated heterocycles. The molecule has 7 nitrogen and oxygen atoms in total. The normalized spacial score (nSPS) is 22.0. The number of sulfonamides is 1. The Bertz CT molecular complexity index is 658. The highest BCUT2D eigenvalue weighted by Gasteiger charge is 2.30. The van der Waals surface area contributed by atoms with Crippen molar-refractivity contribution in [3.63, 3.8) is 0 Å². The van der Waals surface area contributed by atoms with E-state index in [0.717, 1.165) is 5.57 Å². The Hall–Kier alpha value is -1.25. The Labute approximate surface area is 131 Å². The monoisotopic (exact) mass is 329 g/mol. The molecule has 0 saturated carbocycles. The summed E-state index contributed by atoms with van der Waals surface area (Å²) in [5.74, 6) is 0.712. The van der Waals surface area contributed by atoms with Crippen molar-refractivity contribution >= 4 is 16.1 Å². The van der Waals surface area contributed by atoms with E-state index in [1.54, 1.807) is 0 Å². The van der Waals surface area contributed by atoms with Crippen LogP contribution in [0.25, 0.3) is 6.08 Å². The summed E-state index contributed by atoms with van der Waals surface area (Å²) in [5, 5.41) is 7.97. The van der Waals surface area contributed by atoms with Crippen LogP contribution in [0.1, 0.15) is 45.6 Å². The van der Waals surface area contributed by atoms with E-state index in [1.165, 1.54) is 10.6 Å². The molecule has 2 rings (SSSR count). The highest BCUT2D eigenvalue weighted by molar-refractivity contribution is 7.88. The molecule has 8 heteroatoms. The highest BCUT2D eigenvalue weighted by atomic mass is 32.2. The minimum atomic E-state index is -3.25. The lowest BCUT2D eigenvalue weighted by Gasteiger charge is -2.29. The van der Waals surface area contributed by atoms with Crippen LogP contribution < -0.4 is 0 Å². The van der Waals surface area contributed by atoms with Crippen LogP contribution in [0, 0.1) is 5.41 Å². The molecule has 0 spiro atoms. The average molecular weight is 329 g/mol. The van der Waals surface area contributed by atoms with Gasteiger partial charge in [-0.15, -0.1) is 10.2 Å². The summed E-state index contributed by atoms with van der Waals surface area (Å²) in [7, 11) is -3.25. The fourth-order valence-electron chi connectivity index (χ4n) is 1.91. The molecular weight excluding hydrogens is 306 g/mol. The molecule has 0 aliphatic carbocycles.